The molecular weight excluding hydrogens is 298 g/mol. The molecule has 2 nitrogen and oxygen atoms in total. The van der Waals surface area contributed by atoms with Crippen LogP contribution in [0.3, 0.4) is 0 Å². The molecule has 0 bridgehead atoms. The van der Waals surface area contributed by atoms with Crippen molar-refractivity contribution in [2.24, 2.45) is 0 Å². The average Bonchev–Trinajstić information content (AvgIpc) is 2.72. The fourth-order valence-electron chi connectivity index (χ4n) is 1.66. The molecule has 0 saturated heterocycles. The predicted molar refractivity (Wildman–Crippen MR) is 75.8 cm³/mol. The van der Waals surface area contributed by atoms with E-state index in [9.17, 15) is 0 Å². The Morgan fingerprint density at radius 1 is 1.24 bits per heavy atom. The molecule has 2 rings (SSSR count). The summed E-state index contributed by atoms with van der Waals surface area (Å²) < 4.78 is 6.37. The fraction of sp³-hybridized carbons (Fsp3) is 0.308. The topological polar surface area (TPSA) is 22.1 Å². The van der Waals surface area contributed by atoms with Crippen molar-refractivity contribution in [1.29, 1.82) is 0 Å². The Balaban J connectivity index is 2.32. The summed E-state index contributed by atoms with van der Waals surface area (Å²) in [7, 11) is 0. The highest BCUT2D eigenvalue weighted by Gasteiger charge is 2.10. The van der Waals surface area contributed by atoms with Crippen molar-refractivity contribution >= 4 is 27.3 Å². The molecular formula is C13H14BrNOS. The molecule has 0 spiro atoms. The molecule has 90 valence electrons. The molecule has 0 saturated carbocycles. The lowest BCUT2D eigenvalue weighted by molar-refractivity contribution is 0.340. The van der Waals surface area contributed by atoms with Crippen molar-refractivity contribution in [2.45, 2.75) is 20.3 Å². The van der Waals surface area contributed by atoms with Gasteiger partial charge in [-0.25, -0.2) is 4.98 Å². The van der Waals surface area contributed by atoms with E-state index in [4.69, 9.17) is 4.74 Å². The van der Waals surface area contributed by atoms with Gasteiger partial charge in [0.25, 0.3) is 0 Å². The van der Waals surface area contributed by atoms with Crippen molar-refractivity contribution in [1.82, 2.24) is 4.98 Å². The van der Waals surface area contributed by atoms with Crippen molar-refractivity contribution in [3.05, 3.63) is 33.1 Å². The average molecular weight is 312 g/mol. The molecule has 1 aromatic carbocycles. The molecule has 1 heterocycles. The zero-order chi connectivity index (χ0) is 12.3. The maximum Gasteiger partial charge on any atom is 0.160 e. The molecule has 0 atom stereocenters. The van der Waals surface area contributed by atoms with Crippen LogP contribution >= 0.6 is 27.3 Å². The molecule has 0 aliphatic carbocycles. The number of nitrogens with zero attached hydrogens (tertiary/aromatic N) is 1. The molecule has 0 amide bonds. The number of benzene rings is 1. The van der Waals surface area contributed by atoms with Crippen molar-refractivity contribution < 1.29 is 4.74 Å². The van der Waals surface area contributed by atoms with Crippen molar-refractivity contribution in [3.8, 4) is 17.0 Å². The Kier molecular flexibility index (Phi) is 4.18. The van der Waals surface area contributed by atoms with Crippen LogP contribution in [0.25, 0.3) is 11.3 Å². The van der Waals surface area contributed by atoms with E-state index < -0.39 is 0 Å². The highest BCUT2D eigenvalue weighted by Crippen LogP contribution is 2.32. The molecule has 0 fully saturated rings. The first kappa shape index (κ1) is 12.6. The molecule has 2 aromatic rings. The lowest BCUT2D eigenvalue weighted by Gasteiger charge is -2.04. The van der Waals surface area contributed by atoms with Crippen LogP contribution in [0.5, 0.6) is 5.75 Å². The van der Waals surface area contributed by atoms with Crippen LogP contribution in [0.15, 0.2) is 28.2 Å². The quantitative estimate of drug-likeness (QED) is 0.827. The Bertz CT molecular complexity index is 493. The van der Waals surface area contributed by atoms with Crippen LogP contribution in [0.1, 0.15) is 18.7 Å². The normalized spacial score (nSPS) is 10.5. The Hall–Kier alpha value is -0.870. The molecule has 4 heteroatoms. The van der Waals surface area contributed by atoms with Crippen molar-refractivity contribution in [2.75, 3.05) is 6.61 Å². The molecule has 0 aliphatic heterocycles. The number of halogens is 1. The largest absolute Gasteiger partial charge is 0.494 e. The maximum atomic E-state index is 5.43. The third kappa shape index (κ3) is 2.87. The first-order valence-electron chi connectivity index (χ1n) is 5.63. The van der Waals surface area contributed by atoms with Gasteiger partial charge in [-0.1, -0.05) is 6.92 Å². The number of thiazole rings is 1. The van der Waals surface area contributed by atoms with Gasteiger partial charge >= 0.3 is 0 Å². The van der Waals surface area contributed by atoms with E-state index in [2.05, 4.69) is 40.0 Å². The fourth-order valence-corrected chi connectivity index (χ4v) is 3.17. The van der Waals surface area contributed by atoms with Crippen LogP contribution in [-0.2, 0) is 6.42 Å². The third-order valence-electron chi connectivity index (χ3n) is 2.43. The predicted octanol–water partition coefficient (Wildman–Crippen LogP) is 4.53. The summed E-state index contributed by atoms with van der Waals surface area (Å²) in [6, 6.07) is 8.11. The Labute approximate surface area is 114 Å². The summed E-state index contributed by atoms with van der Waals surface area (Å²) >= 11 is 5.14. The van der Waals surface area contributed by atoms with Gasteiger partial charge in [-0.05, 0) is 53.5 Å². The maximum absolute atomic E-state index is 5.43. The van der Waals surface area contributed by atoms with E-state index in [1.807, 2.05) is 19.1 Å². The lowest BCUT2D eigenvalue weighted by Crippen LogP contribution is -1.91. The standard InChI is InChI=1S/C13H14BrNOS/c1-3-11-12(15-13(14)17-11)9-5-7-10(8-6-9)16-4-2/h5-8H,3-4H2,1-2H3. The van der Waals surface area contributed by atoms with E-state index in [1.54, 1.807) is 11.3 Å². The number of rotatable bonds is 4. The number of hydrogen-bond acceptors (Lipinski definition) is 3. The van der Waals surface area contributed by atoms with Gasteiger partial charge in [-0.2, -0.15) is 0 Å². The number of ether oxygens (including phenoxy) is 1. The molecule has 0 radical (unpaired) electrons. The Morgan fingerprint density at radius 3 is 2.53 bits per heavy atom. The second-order valence-electron chi connectivity index (χ2n) is 3.55. The van der Waals surface area contributed by atoms with E-state index in [-0.39, 0.29) is 0 Å². The molecule has 17 heavy (non-hydrogen) atoms. The van der Waals surface area contributed by atoms with Crippen LogP contribution < -0.4 is 4.74 Å². The van der Waals surface area contributed by atoms with Gasteiger partial charge in [0, 0.05) is 10.4 Å². The van der Waals surface area contributed by atoms with E-state index >= 15 is 0 Å². The minimum Gasteiger partial charge on any atom is -0.494 e. The molecule has 0 N–H and O–H groups in total. The smallest absolute Gasteiger partial charge is 0.160 e. The minimum absolute atomic E-state index is 0.696. The van der Waals surface area contributed by atoms with Gasteiger partial charge in [0.1, 0.15) is 5.75 Å². The van der Waals surface area contributed by atoms with Gasteiger partial charge in [0.15, 0.2) is 3.92 Å². The second kappa shape index (κ2) is 5.65. The van der Waals surface area contributed by atoms with Crippen LogP contribution in [0.4, 0.5) is 0 Å². The van der Waals surface area contributed by atoms with Gasteiger partial charge in [-0.3, -0.25) is 0 Å². The zero-order valence-electron chi connectivity index (χ0n) is 9.87. The number of aryl methyl sites for hydroxylation is 1. The number of hydrogen-bond donors (Lipinski definition) is 0. The zero-order valence-corrected chi connectivity index (χ0v) is 12.3. The molecule has 1 aromatic heterocycles. The molecule has 0 unspecified atom stereocenters. The van der Waals surface area contributed by atoms with E-state index in [0.717, 1.165) is 27.3 Å². The van der Waals surface area contributed by atoms with Crippen LogP contribution in [0, 0.1) is 0 Å². The highest BCUT2D eigenvalue weighted by atomic mass is 79.9. The highest BCUT2D eigenvalue weighted by molar-refractivity contribution is 9.11. The Morgan fingerprint density at radius 2 is 1.94 bits per heavy atom. The van der Waals surface area contributed by atoms with E-state index in [0.29, 0.717) is 6.61 Å². The third-order valence-corrected chi connectivity index (χ3v) is 4.08. The molecule has 0 aliphatic rings. The summed E-state index contributed by atoms with van der Waals surface area (Å²) in [4.78, 5) is 5.83. The second-order valence-corrected chi connectivity index (χ2v) is 5.91. The summed E-state index contributed by atoms with van der Waals surface area (Å²) in [6.45, 7) is 4.83. The lowest BCUT2D eigenvalue weighted by atomic mass is 10.1. The summed E-state index contributed by atoms with van der Waals surface area (Å²) in [6.07, 6.45) is 1.01. The monoisotopic (exact) mass is 311 g/mol. The summed E-state index contributed by atoms with van der Waals surface area (Å²) in [5.74, 6) is 0.906. The first-order valence-corrected chi connectivity index (χ1v) is 7.24. The summed E-state index contributed by atoms with van der Waals surface area (Å²) in [5, 5.41) is 0. The summed E-state index contributed by atoms with van der Waals surface area (Å²) in [5.41, 5.74) is 2.22. The van der Waals surface area contributed by atoms with Gasteiger partial charge < -0.3 is 4.74 Å². The van der Waals surface area contributed by atoms with Gasteiger partial charge in [0.2, 0.25) is 0 Å². The van der Waals surface area contributed by atoms with Crippen LogP contribution in [0.2, 0.25) is 0 Å². The SMILES string of the molecule is CCOc1ccc(-c2nc(Br)sc2CC)cc1. The van der Waals surface area contributed by atoms with Gasteiger partial charge in [0.05, 0.1) is 12.3 Å². The van der Waals surface area contributed by atoms with Crippen molar-refractivity contribution in [3.63, 3.8) is 0 Å². The van der Waals surface area contributed by atoms with Gasteiger partial charge in [-0.15, -0.1) is 11.3 Å². The van der Waals surface area contributed by atoms with E-state index in [1.165, 1.54) is 4.88 Å². The number of aromatic nitrogens is 1. The van der Waals surface area contributed by atoms with Crippen LogP contribution in [-0.4, -0.2) is 11.6 Å². The minimum atomic E-state index is 0.696. The first-order chi connectivity index (χ1) is 8.24.